The number of carbonyl (C=O) groups excluding carboxylic acids is 3. The molecule has 7 heteroatoms. The molecular weight excluding hydrogens is 348 g/mol. The molecule has 0 spiro atoms. The van der Waals surface area contributed by atoms with Crippen molar-refractivity contribution in [1.29, 1.82) is 0 Å². The van der Waals surface area contributed by atoms with Crippen molar-refractivity contribution in [2.24, 2.45) is 5.92 Å². The number of hydrogen-bond acceptors (Lipinski definition) is 5. The Kier molecular flexibility index (Phi) is 8.28. The van der Waals surface area contributed by atoms with Gasteiger partial charge >= 0.3 is 5.97 Å². The molecule has 0 heterocycles. The van der Waals surface area contributed by atoms with Crippen LogP contribution in [0.25, 0.3) is 0 Å². The molecular formula is C20H30N2O5. The predicted octanol–water partition coefficient (Wildman–Crippen LogP) is 2.49. The lowest BCUT2D eigenvalue weighted by Gasteiger charge is -2.20. The van der Waals surface area contributed by atoms with E-state index in [0.29, 0.717) is 17.7 Å². The molecule has 150 valence electrons. The Morgan fingerprint density at radius 1 is 1.11 bits per heavy atom. The van der Waals surface area contributed by atoms with Crippen LogP contribution in [0.4, 0.5) is 0 Å². The summed E-state index contributed by atoms with van der Waals surface area (Å²) in [6, 6.07) is 3.90. The normalized spacial score (nSPS) is 11.9. The zero-order valence-electron chi connectivity index (χ0n) is 17.2. The van der Waals surface area contributed by atoms with Gasteiger partial charge in [0.05, 0.1) is 18.8 Å². The van der Waals surface area contributed by atoms with Gasteiger partial charge in [-0.15, -0.1) is 0 Å². The van der Waals surface area contributed by atoms with Gasteiger partial charge in [-0.25, -0.2) is 4.79 Å². The van der Waals surface area contributed by atoms with Crippen LogP contribution in [-0.2, 0) is 9.53 Å². The molecule has 0 aliphatic carbocycles. The maximum Gasteiger partial charge on any atom is 0.328 e. The van der Waals surface area contributed by atoms with E-state index in [1.165, 1.54) is 18.1 Å². The molecule has 0 aliphatic rings. The van der Waals surface area contributed by atoms with Gasteiger partial charge in [0.15, 0.2) is 0 Å². The van der Waals surface area contributed by atoms with Gasteiger partial charge in [-0.05, 0) is 44.4 Å². The van der Waals surface area contributed by atoms with Crippen molar-refractivity contribution in [3.63, 3.8) is 0 Å². The molecule has 1 N–H and O–H groups in total. The summed E-state index contributed by atoms with van der Waals surface area (Å²) >= 11 is 0. The highest BCUT2D eigenvalue weighted by Gasteiger charge is 2.25. The summed E-state index contributed by atoms with van der Waals surface area (Å²) in [5.74, 6) is -0.652. The first-order valence-corrected chi connectivity index (χ1v) is 8.97. The van der Waals surface area contributed by atoms with Gasteiger partial charge in [-0.3, -0.25) is 9.59 Å². The van der Waals surface area contributed by atoms with Crippen LogP contribution in [0.1, 0.15) is 54.8 Å². The molecule has 0 aromatic heterocycles. The molecule has 1 rings (SSSR count). The fourth-order valence-corrected chi connectivity index (χ4v) is 2.52. The van der Waals surface area contributed by atoms with Gasteiger partial charge in [0.1, 0.15) is 11.8 Å². The number of nitrogens with zero attached hydrogens (tertiary/aromatic N) is 1. The molecule has 2 amide bonds. The maximum absolute atomic E-state index is 12.8. The lowest BCUT2D eigenvalue weighted by molar-refractivity contribution is -0.143. The van der Waals surface area contributed by atoms with Crippen LogP contribution in [0.3, 0.4) is 0 Å². The fraction of sp³-hybridized carbons (Fsp3) is 0.550. The van der Waals surface area contributed by atoms with Gasteiger partial charge in [0.25, 0.3) is 11.8 Å². The van der Waals surface area contributed by atoms with E-state index in [1.54, 1.807) is 26.2 Å². The summed E-state index contributed by atoms with van der Waals surface area (Å²) in [7, 11) is 4.59. The standard InChI is InChI=1S/C20H30N2O5/c1-12(2)10-16(20(25)26-7)21-18(23)15-9-8-14(19(24)22(5)6)11-17(15)27-13(3)4/h8-9,11-13,16H,10H2,1-7H3,(H,21,23)/t16-/m0/s1. The Bertz CT molecular complexity index is 683. The van der Waals surface area contributed by atoms with E-state index in [1.807, 2.05) is 27.7 Å². The van der Waals surface area contributed by atoms with Gasteiger partial charge in [0.2, 0.25) is 0 Å². The highest BCUT2D eigenvalue weighted by atomic mass is 16.5. The van der Waals surface area contributed by atoms with Crippen molar-refractivity contribution in [3.05, 3.63) is 29.3 Å². The lowest BCUT2D eigenvalue weighted by Crippen LogP contribution is -2.42. The van der Waals surface area contributed by atoms with Crippen molar-refractivity contribution in [1.82, 2.24) is 10.2 Å². The molecule has 1 aromatic rings. The summed E-state index contributed by atoms with van der Waals surface area (Å²) in [6.45, 7) is 7.57. The number of nitrogens with one attached hydrogen (secondary N) is 1. The molecule has 1 aromatic carbocycles. The zero-order valence-corrected chi connectivity index (χ0v) is 17.2. The third-order valence-electron chi connectivity index (χ3n) is 3.74. The first kappa shape index (κ1) is 22.5. The van der Waals surface area contributed by atoms with E-state index in [-0.39, 0.29) is 23.5 Å². The van der Waals surface area contributed by atoms with E-state index in [9.17, 15) is 14.4 Å². The second-order valence-electron chi connectivity index (χ2n) is 7.26. The van der Waals surface area contributed by atoms with Crippen LogP contribution in [0.2, 0.25) is 0 Å². The van der Waals surface area contributed by atoms with E-state index >= 15 is 0 Å². The number of ether oxygens (including phenoxy) is 2. The summed E-state index contributed by atoms with van der Waals surface area (Å²) in [5.41, 5.74) is 0.676. The number of amides is 2. The second kappa shape index (κ2) is 9.94. The molecule has 0 saturated carbocycles. The predicted molar refractivity (Wildman–Crippen MR) is 103 cm³/mol. The van der Waals surface area contributed by atoms with Gasteiger partial charge in [0, 0.05) is 19.7 Å². The third-order valence-corrected chi connectivity index (χ3v) is 3.74. The Labute approximate surface area is 161 Å². The molecule has 0 unspecified atom stereocenters. The van der Waals surface area contributed by atoms with Gasteiger partial charge in [-0.2, -0.15) is 0 Å². The van der Waals surface area contributed by atoms with Crippen LogP contribution in [0, 0.1) is 5.92 Å². The van der Waals surface area contributed by atoms with Crippen molar-refractivity contribution in [3.8, 4) is 5.75 Å². The van der Waals surface area contributed by atoms with E-state index in [0.717, 1.165) is 0 Å². The summed E-state index contributed by atoms with van der Waals surface area (Å²) in [4.78, 5) is 38.4. The topological polar surface area (TPSA) is 84.9 Å². The van der Waals surface area contributed by atoms with E-state index in [4.69, 9.17) is 9.47 Å². The maximum atomic E-state index is 12.8. The Hall–Kier alpha value is -2.57. The Balaban J connectivity index is 3.19. The Morgan fingerprint density at radius 2 is 1.74 bits per heavy atom. The highest BCUT2D eigenvalue weighted by Crippen LogP contribution is 2.23. The van der Waals surface area contributed by atoms with E-state index in [2.05, 4.69) is 5.32 Å². The minimum absolute atomic E-state index is 0.187. The number of methoxy groups -OCH3 is 1. The summed E-state index contributed by atoms with van der Waals surface area (Å²) < 4.78 is 10.5. The van der Waals surface area contributed by atoms with E-state index < -0.39 is 17.9 Å². The monoisotopic (exact) mass is 378 g/mol. The van der Waals surface area contributed by atoms with Crippen molar-refractivity contribution >= 4 is 17.8 Å². The Morgan fingerprint density at radius 3 is 2.22 bits per heavy atom. The average molecular weight is 378 g/mol. The number of esters is 1. The van der Waals surface area contributed by atoms with Gasteiger partial charge in [-0.1, -0.05) is 13.8 Å². The SMILES string of the molecule is COC(=O)[C@H](CC(C)C)NC(=O)c1ccc(C(=O)N(C)C)cc1OC(C)C. The first-order valence-electron chi connectivity index (χ1n) is 8.97. The zero-order chi connectivity index (χ0) is 20.7. The van der Waals surface area contributed by atoms with Crippen molar-refractivity contribution in [2.45, 2.75) is 46.3 Å². The van der Waals surface area contributed by atoms with Crippen molar-refractivity contribution in [2.75, 3.05) is 21.2 Å². The minimum atomic E-state index is -0.752. The van der Waals surface area contributed by atoms with Crippen LogP contribution in [0.5, 0.6) is 5.75 Å². The molecule has 0 saturated heterocycles. The molecule has 7 nitrogen and oxygen atoms in total. The largest absolute Gasteiger partial charge is 0.490 e. The highest BCUT2D eigenvalue weighted by molar-refractivity contribution is 6.01. The second-order valence-corrected chi connectivity index (χ2v) is 7.26. The van der Waals surface area contributed by atoms with Crippen LogP contribution < -0.4 is 10.1 Å². The minimum Gasteiger partial charge on any atom is -0.490 e. The summed E-state index contributed by atoms with van der Waals surface area (Å²) in [5, 5.41) is 2.71. The summed E-state index contributed by atoms with van der Waals surface area (Å²) in [6.07, 6.45) is 0.268. The molecule has 0 bridgehead atoms. The number of benzene rings is 1. The average Bonchev–Trinajstić information content (AvgIpc) is 2.58. The molecule has 0 aliphatic heterocycles. The third kappa shape index (κ3) is 6.58. The fourth-order valence-electron chi connectivity index (χ4n) is 2.52. The van der Waals surface area contributed by atoms with Gasteiger partial charge < -0.3 is 19.7 Å². The quantitative estimate of drug-likeness (QED) is 0.703. The lowest BCUT2D eigenvalue weighted by atomic mass is 10.0. The van der Waals surface area contributed by atoms with Crippen LogP contribution in [0.15, 0.2) is 18.2 Å². The number of hydrogen-bond donors (Lipinski definition) is 1. The van der Waals surface area contributed by atoms with Crippen molar-refractivity contribution < 1.29 is 23.9 Å². The van der Waals surface area contributed by atoms with Crippen LogP contribution in [-0.4, -0.2) is 56.0 Å². The molecule has 0 fully saturated rings. The smallest absolute Gasteiger partial charge is 0.328 e. The number of carbonyl (C=O) groups is 3. The first-order chi connectivity index (χ1) is 12.6. The molecule has 27 heavy (non-hydrogen) atoms. The molecule has 1 atom stereocenters. The van der Waals surface area contributed by atoms with Crippen LogP contribution >= 0.6 is 0 Å². The number of rotatable bonds is 8. The molecule has 0 radical (unpaired) electrons.